The molecule has 0 unspecified atom stereocenters. The molecule has 1 saturated carbocycles. The Kier molecular flexibility index (Phi) is 4.29. The number of carbonyl (C=O) groups is 1. The van der Waals surface area contributed by atoms with Crippen molar-refractivity contribution in [1.29, 1.82) is 0 Å². The van der Waals surface area contributed by atoms with Crippen LogP contribution in [0, 0.1) is 12.7 Å². The number of rotatable bonds is 2. The molecule has 1 aromatic carbocycles. The predicted octanol–water partition coefficient (Wildman–Crippen LogP) is 4.04. The highest BCUT2D eigenvalue weighted by atomic mass is 32.2. The summed E-state index contributed by atoms with van der Waals surface area (Å²) in [6.45, 7) is 2.82. The van der Waals surface area contributed by atoms with E-state index >= 15 is 0 Å². The number of aryl methyl sites for hydroxylation is 1. The van der Waals surface area contributed by atoms with E-state index in [0.29, 0.717) is 17.7 Å². The number of nitrogens with zero attached hydrogens (tertiary/aromatic N) is 1. The van der Waals surface area contributed by atoms with E-state index in [2.05, 4.69) is 9.88 Å². The smallest absolute Gasteiger partial charge is 0.227 e. The molecule has 2 fully saturated rings. The predicted molar refractivity (Wildman–Crippen MR) is 96.9 cm³/mol. The van der Waals surface area contributed by atoms with E-state index in [4.69, 9.17) is 0 Å². The van der Waals surface area contributed by atoms with E-state index in [9.17, 15) is 9.18 Å². The van der Waals surface area contributed by atoms with Crippen molar-refractivity contribution in [3.8, 4) is 0 Å². The van der Waals surface area contributed by atoms with Gasteiger partial charge in [-0.1, -0.05) is 12.8 Å². The van der Waals surface area contributed by atoms with Gasteiger partial charge in [-0.2, -0.15) is 11.8 Å². The van der Waals surface area contributed by atoms with Gasteiger partial charge in [0.1, 0.15) is 5.82 Å². The summed E-state index contributed by atoms with van der Waals surface area (Å²) in [6.07, 6.45) is 5.24. The maximum Gasteiger partial charge on any atom is 0.227 e. The van der Waals surface area contributed by atoms with Crippen molar-refractivity contribution < 1.29 is 9.18 Å². The van der Waals surface area contributed by atoms with Crippen LogP contribution in [0.2, 0.25) is 0 Å². The molecule has 0 bridgehead atoms. The average molecular weight is 346 g/mol. The number of hydrogen-bond donors (Lipinski definition) is 1. The van der Waals surface area contributed by atoms with Crippen molar-refractivity contribution in [2.45, 2.75) is 50.3 Å². The van der Waals surface area contributed by atoms with Gasteiger partial charge in [-0.3, -0.25) is 4.79 Å². The van der Waals surface area contributed by atoms with E-state index in [1.54, 1.807) is 6.07 Å². The van der Waals surface area contributed by atoms with Crippen LogP contribution in [0.5, 0.6) is 0 Å². The second kappa shape index (κ2) is 6.43. The number of benzene rings is 1. The third kappa shape index (κ3) is 2.83. The van der Waals surface area contributed by atoms with Gasteiger partial charge in [0.15, 0.2) is 0 Å². The monoisotopic (exact) mass is 346 g/mol. The summed E-state index contributed by atoms with van der Waals surface area (Å²) in [5.74, 6) is 0.978. The lowest BCUT2D eigenvalue weighted by molar-refractivity contribution is -0.133. The van der Waals surface area contributed by atoms with E-state index in [1.807, 2.05) is 18.7 Å². The summed E-state index contributed by atoms with van der Waals surface area (Å²) in [6, 6.07) is 5.14. The van der Waals surface area contributed by atoms with Gasteiger partial charge in [-0.05, 0) is 43.5 Å². The molecule has 0 radical (unpaired) electrons. The maximum atomic E-state index is 13.6. The topological polar surface area (TPSA) is 36.1 Å². The molecule has 1 aliphatic carbocycles. The van der Waals surface area contributed by atoms with Crippen LogP contribution >= 0.6 is 11.8 Å². The Hall–Kier alpha value is -1.49. The zero-order valence-corrected chi connectivity index (χ0v) is 14.8. The largest absolute Gasteiger partial charge is 0.358 e. The van der Waals surface area contributed by atoms with Crippen LogP contribution in [0.1, 0.15) is 36.9 Å². The molecular weight excluding hydrogens is 323 g/mol. The van der Waals surface area contributed by atoms with E-state index in [-0.39, 0.29) is 11.7 Å². The molecule has 1 N–H and O–H groups in total. The molecule has 1 saturated heterocycles. The normalized spacial score (nSPS) is 24.2. The average Bonchev–Trinajstić information content (AvgIpc) is 2.89. The van der Waals surface area contributed by atoms with Crippen molar-refractivity contribution >= 4 is 28.6 Å². The third-order valence-electron chi connectivity index (χ3n) is 5.46. The highest BCUT2D eigenvalue weighted by molar-refractivity contribution is 8.00. The number of amides is 1. The lowest BCUT2D eigenvalue weighted by atomic mass is 9.92. The molecule has 1 aromatic heterocycles. The van der Waals surface area contributed by atoms with Crippen LogP contribution in [0.3, 0.4) is 0 Å². The number of aromatic nitrogens is 1. The molecule has 4 rings (SSSR count). The molecular formula is C19H23FN2OS. The number of H-pyrrole nitrogens is 1. The minimum atomic E-state index is -0.253. The quantitative estimate of drug-likeness (QED) is 0.891. The Balaban J connectivity index is 1.59. The number of hydrogen-bond acceptors (Lipinski definition) is 2. The van der Waals surface area contributed by atoms with Gasteiger partial charge in [0.2, 0.25) is 5.91 Å². The lowest BCUT2D eigenvalue weighted by Crippen LogP contribution is -2.52. The first-order chi connectivity index (χ1) is 11.6. The van der Waals surface area contributed by atoms with Crippen molar-refractivity contribution in [3.05, 3.63) is 35.3 Å². The van der Waals surface area contributed by atoms with Crippen molar-refractivity contribution in [2.75, 3.05) is 12.3 Å². The highest BCUT2D eigenvalue weighted by Crippen LogP contribution is 2.36. The van der Waals surface area contributed by atoms with Gasteiger partial charge >= 0.3 is 0 Å². The van der Waals surface area contributed by atoms with Gasteiger partial charge in [-0.25, -0.2) is 4.39 Å². The summed E-state index contributed by atoms with van der Waals surface area (Å²) in [5, 5.41) is 1.45. The molecule has 2 atom stereocenters. The van der Waals surface area contributed by atoms with Crippen LogP contribution in [-0.2, 0) is 11.2 Å². The molecule has 1 aliphatic heterocycles. The third-order valence-corrected chi connectivity index (χ3v) is 6.86. The van der Waals surface area contributed by atoms with Crippen molar-refractivity contribution in [1.82, 2.24) is 9.88 Å². The molecule has 128 valence electrons. The zero-order chi connectivity index (χ0) is 16.7. The first kappa shape index (κ1) is 16.0. The number of aromatic amines is 1. The van der Waals surface area contributed by atoms with Gasteiger partial charge in [0.25, 0.3) is 0 Å². The second-order valence-corrected chi connectivity index (χ2v) is 8.29. The first-order valence-electron chi connectivity index (χ1n) is 8.81. The Morgan fingerprint density at radius 3 is 3.08 bits per heavy atom. The van der Waals surface area contributed by atoms with Gasteiger partial charge < -0.3 is 9.88 Å². The molecule has 2 aliphatic rings. The molecule has 2 heterocycles. The number of carbonyl (C=O) groups excluding carboxylic acids is 1. The Bertz CT molecular complexity index is 770. The molecule has 2 aromatic rings. The molecule has 5 heteroatoms. The van der Waals surface area contributed by atoms with E-state index < -0.39 is 0 Å². The first-order valence-corrected chi connectivity index (χ1v) is 9.86. The summed E-state index contributed by atoms with van der Waals surface area (Å²) in [5.41, 5.74) is 2.82. The van der Waals surface area contributed by atoms with E-state index in [0.717, 1.165) is 40.9 Å². The summed E-state index contributed by atoms with van der Waals surface area (Å²) < 4.78 is 13.6. The van der Waals surface area contributed by atoms with Crippen LogP contribution < -0.4 is 0 Å². The van der Waals surface area contributed by atoms with Gasteiger partial charge in [-0.15, -0.1) is 0 Å². The Labute approximate surface area is 146 Å². The molecule has 0 spiro atoms. The van der Waals surface area contributed by atoms with Crippen LogP contribution in [0.4, 0.5) is 4.39 Å². The standard InChI is InChI=1S/C19H23FN2OS/c1-12-14(15-10-13(20)6-7-16(15)21-12)11-19(23)22-8-9-24-18-5-3-2-4-17(18)22/h6-7,10,17-18,21H,2-5,8-9,11H2,1H3/t17-,18-/m1/s1. The van der Waals surface area contributed by atoms with Crippen molar-refractivity contribution in [2.24, 2.45) is 0 Å². The number of thioether (sulfide) groups is 1. The van der Waals surface area contributed by atoms with E-state index in [1.165, 1.54) is 31.4 Å². The Morgan fingerprint density at radius 1 is 1.38 bits per heavy atom. The SMILES string of the molecule is Cc1[nH]c2ccc(F)cc2c1CC(=O)N1CCS[C@@H]2CCCC[C@H]21. The van der Waals surface area contributed by atoms with Gasteiger partial charge in [0.05, 0.1) is 6.42 Å². The molecule has 1 amide bonds. The fraction of sp³-hybridized carbons (Fsp3) is 0.526. The molecule has 3 nitrogen and oxygen atoms in total. The fourth-order valence-electron chi connectivity index (χ4n) is 4.24. The van der Waals surface area contributed by atoms with Gasteiger partial charge in [0, 0.05) is 40.2 Å². The zero-order valence-electron chi connectivity index (χ0n) is 14.0. The number of fused-ring (bicyclic) bond motifs is 2. The molecule has 24 heavy (non-hydrogen) atoms. The fourth-order valence-corrected chi connectivity index (χ4v) is 5.68. The minimum absolute atomic E-state index is 0.195. The number of halogens is 1. The van der Waals surface area contributed by atoms with Crippen molar-refractivity contribution in [3.63, 3.8) is 0 Å². The summed E-state index contributed by atoms with van der Waals surface area (Å²) in [4.78, 5) is 18.4. The number of nitrogens with one attached hydrogen (secondary N) is 1. The maximum absolute atomic E-state index is 13.6. The second-order valence-electron chi connectivity index (χ2n) is 6.94. The van der Waals surface area contributed by atoms with Crippen LogP contribution in [0.25, 0.3) is 10.9 Å². The van der Waals surface area contributed by atoms with Crippen LogP contribution in [0.15, 0.2) is 18.2 Å². The minimum Gasteiger partial charge on any atom is -0.358 e. The highest BCUT2D eigenvalue weighted by Gasteiger charge is 2.36. The van der Waals surface area contributed by atoms with Crippen LogP contribution in [-0.4, -0.2) is 39.4 Å². The summed E-state index contributed by atoms with van der Waals surface area (Å²) >= 11 is 2.03. The summed E-state index contributed by atoms with van der Waals surface area (Å²) in [7, 11) is 0. The Morgan fingerprint density at radius 2 is 2.21 bits per heavy atom. The lowest BCUT2D eigenvalue weighted by Gasteiger charge is -2.43.